The number of ether oxygens (including phenoxy) is 2. The Balaban J connectivity index is 1.90. The van der Waals surface area contributed by atoms with Crippen LogP contribution in [0, 0.1) is 10.1 Å². The Morgan fingerprint density at radius 1 is 0.938 bits per heavy atom. The van der Waals surface area contributed by atoms with Gasteiger partial charge in [0.15, 0.2) is 5.78 Å². The zero-order chi connectivity index (χ0) is 23.0. The molecule has 32 heavy (non-hydrogen) atoms. The fourth-order valence-electron chi connectivity index (χ4n) is 4.14. The lowest BCUT2D eigenvalue weighted by Crippen LogP contribution is -2.39. The summed E-state index contributed by atoms with van der Waals surface area (Å²) in [6.45, 7) is 0. The van der Waals surface area contributed by atoms with Crippen molar-refractivity contribution in [2.45, 2.75) is 12.1 Å². The van der Waals surface area contributed by atoms with E-state index in [1.54, 1.807) is 23.2 Å². The predicted molar refractivity (Wildman–Crippen MR) is 112 cm³/mol. The number of hydrogen-bond donors (Lipinski definition) is 0. The molecular formula is C23H18N2O7. The Hall–Kier alpha value is -4.27. The van der Waals surface area contributed by atoms with Gasteiger partial charge < -0.3 is 14.4 Å². The monoisotopic (exact) mass is 434 g/mol. The first kappa shape index (κ1) is 21.0. The number of hydrogen-bond acceptors (Lipinski definition) is 8. The number of carbonyl (C=O) groups is 3. The van der Waals surface area contributed by atoms with Crippen molar-refractivity contribution in [2.75, 3.05) is 14.2 Å². The molecule has 0 saturated heterocycles. The van der Waals surface area contributed by atoms with Crippen LogP contribution in [0.3, 0.4) is 0 Å². The molecule has 0 N–H and O–H groups in total. The van der Waals surface area contributed by atoms with E-state index in [4.69, 9.17) is 9.47 Å². The number of nitro benzene ring substituents is 1. The molecule has 2 aliphatic heterocycles. The molecule has 0 aromatic heterocycles. The number of ketones is 1. The molecule has 0 fully saturated rings. The van der Waals surface area contributed by atoms with Crippen LogP contribution in [0.2, 0.25) is 0 Å². The second kappa shape index (κ2) is 8.10. The Bertz CT molecular complexity index is 1200. The number of benzene rings is 2. The summed E-state index contributed by atoms with van der Waals surface area (Å²) in [4.78, 5) is 51.2. The molecule has 9 heteroatoms. The molecule has 2 unspecified atom stereocenters. The van der Waals surface area contributed by atoms with Gasteiger partial charge in [-0.2, -0.15) is 0 Å². The van der Waals surface area contributed by atoms with E-state index >= 15 is 0 Å². The third-order valence-corrected chi connectivity index (χ3v) is 5.57. The Morgan fingerprint density at radius 3 is 2.19 bits per heavy atom. The van der Waals surface area contributed by atoms with Crippen LogP contribution in [0.25, 0.3) is 6.08 Å². The highest BCUT2D eigenvalue weighted by Gasteiger charge is 2.51. The van der Waals surface area contributed by atoms with Gasteiger partial charge in [0.1, 0.15) is 6.04 Å². The summed E-state index contributed by atoms with van der Waals surface area (Å²) in [6, 6.07) is 10.5. The second-order valence-corrected chi connectivity index (χ2v) is 7.18. The number of fused-ring (bicyclic) bond motifs is 3. The molecule has 2 heterocycles. The summed E-state index contributed by atoms with van der Waals surface area (Å²) in [5.74, 6) is -2.08. The number of carbonyl (C=O) groups excluding carboxylic acids is 3. The average molecular weight is 434 g/mol. The van der Waals surface area contributed by atoms with Crippen LogP contribution in [0.1, 0.15) is 27.5 Å². The number of rotatable bonds is 5. The molecule has 2 aromatic carbocycles. The first-order valence-electron chi connectivity index (χ1n) is 9.63. The van der Waals surface area contributed by atoms with Crippen molar-refractivity contribution in [3.63, 3.8) is 0 Å². The second-order valence-electron chi connectivity index (χ2n) is 7.18. The molecule has 0 bridgehead atoms. The lowest BCUT2D eigenvalue weighted by Gasteiger charge is -2.33. The zero-order valence-corrected chi connectivity index (χ0v) is 17.2. The van der Waals surface area contributed by atoms with E-state index in [1.165, 1.54) is 38.5 Å². The van der Waals surface area contributed by atoms with Crippen LogP contribution in [-0.4, -0.2) is 47.8 Å². The van der Waals surface area contributed by atoms with E-state index < -0.39 is 34.7 Å². The molecule has 2 aromatic rings. The maximum Gasteiger partial charge on any atom is 0.336 e. The number of nitro groups is 1. The Kier molecular flexibility index (Phi) is 5.31. The minimum atomic E-state index is -1.17. The lowest BCUT2D eigenvalue weighted by molar-refractivity contribution is -0.384. The van der Waals surface area contributed by atoms with Crippen LogP contribution in [0.15, 0.2) is 65.9 Å². The highest BCUT2D eigenvalue weighted by atomic mass is 16.6. The molecule has 0 radical (unpaired) electrons. The summed E-state index contributed by atoms with van der Waals surface area (Å²) < 4.78 is 9.88. The quantitative estimate of drug-likeness (QED) is 0.305. The van der Waals surface area contributed by atoms with E-state index in [-0.39, 0.29) is 22.4 Å². The first-order valence-corrected chi connectivity index (χ1v) is 9.63. The summed E-state index contributed by atoms with van der Waals surface area (Å²) in [7, 11) is 2.36. The zero-order valence-electron chi connectivity index (χ0n) is 17.2. The number of methoxy groups -OCH3 is 2. The predicted octanol–water partition coefficient (Wildman–Crippen LogP) is 2.83. The number of esters is 2. The van der Waals surface area contributed by atoms with Crippen LogP contribution in [0.4, 0.5) is 5.69 Å². The minimum Gasteiger partial charge on any atom is -0.466 e. The van der Waals surface area contributed by atoms with Crippen molar-refractivity contribution in [2.24, 2.45) is 0 Å². The molecular weight excluding hydrogens is 416 g/mol. The summed E-state index contributed by atoms with van der Waals surface area (Å²) in [6.07, 6.45) is 3.44. The molecule has 162 valence electrons. The fourth-order valence-corrected chi connectivity index (χ4v) is 4.14. The number of nitrogens with zero attached hydrogens (tertiary/aromatic N) is 2. The number of Topliss-reactive ketones (excluding diaryl/α,β-unsaturated/α-hetero) is 1. The summed E-state index contributed by atoms with van der Waals surface area (Å²) in [5, 5.41) is 11.0. The van der Waals surface area contributed by atoms with Gasteiger partial charge in [-0.05, 0) is 29.3 Å². The minimum absolute atomic E-state index is 0.0245. The molecule has 4 rings (SSSR count). The van der Waals surface area contributed by atoms with E-state index in [2.05, 4.69) is 0 Å². The fraction of sp³-hybridized carbons (Fsp3) is 0.174. The van der Waals surface area contributed by atoms with Gasteiger partial charge in [0.05, 0.1) is 36.3 Å². The maximum absolute atomic E-state index is 13.5. The summed E-state index contributed by atoms with van der Waals surface area (Å²) >= 11 is 0. The largest absolute Gasteiger partial charge is 0.466 e. The van der Waals surface area contributed by atoms with Gasteiger partial charge in [-0.25, -0.2) is 9.59 Å². The Labute approximate surface area is 182 Å². The molecule has 0 amide bonds. The first-order chi connectivity index (χ1) is 15.4. The number of non-ortho nitro benzene ring substituents is 1. The molecule has 0 aliphatic carbocycles. The van der Waals surface area contributed by atoms with Crippen LogP contribution >= 0.6 is 0 Å². The van der Waals surface area contributed by atoms with Crippen LogP contribution in [-0.2, 0) is 19.1 Å². The SMILES string of the molecule is COC(=O)C1=C(C(=O)OC)C2c3ccccc3C=CN2C1C(=O)c1ccc([N+](=O)[O-])cc1. The van der Waals surface area contributed by atoms with Crippen LogP contribution < -0.4 is 0 Å². The van der Waals surface area contributed by atoms with Gasteiger partial charge in [-0.3, -0.25) is 14.9 Å². The third kappa shape index (κ3) is 3.24. The highest BCUT2D eigenvalue weighted by molar-refractivity contribution is 6.13. The van der Waals surface area contributed by atoms with Crippen LogP contribution in [0.5, 0.6) is 0 Å². The molecule has 0 saturated carbocycles. The van der Waals surface area contributed by atoms with Crippen molar-refractivity contribution in [1.29, 1.82) is 0 Å². The van der Waals surface area contributed by atoms with Gasteiger partial charge >= 0.3 is 11.9 Å². The van der Waals surface area contributed by atoms with Crippen molar-refractivity contribution in [1.82, 2.24) is 4.90 Å². The molecule has 2 aliphatic rings. The Morgan fingerprint density at radius 2 is 1.56 bits per heavy atom. The summed E-state index contributed by atoms with van der Waals surface area (Å²) in [5.41, 5.74) is 1.46. The van der Waals surface area contributed by atoms with E-state index in [1.807, 2.05) is 18.2 Å². The third-order valence-electron chi connectivity index (χ3n) is 5.57. The van der Waals surface area contributed by atoms with Crippen molar-refractivity contribution in [3.05, 3.63) is 92.7 Å². The molecule has 2 atom stereocenters. The van der Waals surface area contributed by atoms with Gasteiger partial charge in [0, 0.05) is 23.9 Å². The van der Waals surface area contributed by atoms with Gasteiger partial charge in [0.2, 0.25) is 0 Å². The average Bonchev–Trinajstić information content (AvgIpc) is 3.18. The normalized spacial score (nSPS) is 18.6. The van der Waals surface area contributed by atoms with E-state index in [0.717, 1.165) is 11.1 Å². The van der Waals surface area contributed by atoms with E-state index in [9.17, 15) is 24.5 Å². The van der Waals surface area contributed by atoms with Crippen molar-refractivity contribution >= 4 is 29.5 Å². The lowest BCUT2D eigenvalue weighted by atomic mass is 9.91. The smallest absolute Gasteiger partial charge is 0.336 e. The van der Waals surface area contributed by atoms with Crippen molar-refractivity contribution < 1.29 is 28.8 Å². The topological polar surface area (TPSA) is 116 Å². The molecule has 9 nitrogen and oxygen atoms in total. The molecule has 0 spiro atoms. The van der Waals surface area contributed by atoms with Gasteiger partial charge in [-0.15, -0.1) is 0 Å². The van der Waals surface area contributed by atoms with E-state index in [0.29, 0.717) is 0 Å². The highest BCUT2D eigenvalue weighted by Crippen LogP contribution is 2.46. The van der Waals surface area contributed by atoms with Gasteiger partial charge in [0.25, 0.3) is 5.69 Å². The standard InChI is InChI=1S/C23H18N2O7/c1-31-22(27)17-18(23(28)32-2)20(21(26)14-7-9-15(10-8-14)25(29)30)24-12-11-13-5-3-4-6-16(13)19(17)24/h3-12,19-20H,1-2H3. The van der Waals surface area contributed by atoms with Gasteiger partial charge in [-0.1, -0.05) is 24.3 Å². The maximum atomic E-state index is 13.5. The van der Waals surface area contributed by atoms with Crippen molar-refractivity contribution in [3.8, 4) is 0 Å².